The Hall–Kier alpha value is -1.64. The van der Waals surface area contributed by atoms with Crippen LogP contribution in [-0.4, -0.2) is 12.2 Å². The summed E-state index contributed by atoms with van der Waals surface area (Å²) < 4.78 is 0. The van der Waals surface area contributed by atoms with E-state index >= 15 is 0 Å². The van der Waals surface area contributed by atoms with E-state index in [0.717, 1.165) is 17.5 Å². The number of carbonyl (C=O) groups is 2. The number of rotatable bonds is 4. The van der Waals surface area contributed by atoms with Gasteiger partial charge in [0, 0.05) is 18.5 Å². The molecular formula is C12H15NO2. The largest absolute Gasteiger partial charge is 0.326 e. The maximum absolute atomic E-state index is 10.8. The summed E-state index contributed by atoms with van der Waals surface area (Å²) >= 11 is 0. The molecule has 0 aromatic heterocycles. The molecule has 0 bridgehead atoms. The molecule has 1 amide bonds. The molecule has 0 fully saturated rings. The number of aldehydes is 1. The molecule has 0 saturated heterocycles. The molecule has 15 heavy (non-hydrogen) atoms. The smallest absolute Gasteiger partial charge is 0.221 e. The number of anilines is 1. The lowest BCUT2D eigenvalue weighted by Crippen LogP contribution is -2.06. The first-order valence-electron chi connectivity index (χ1n) is 4.93. The maximum Gasteiger partial charge on any atom is 0.221 e. The van der Waals surface area contributed by atoms with Crippen LogP contribution in [0.25, 0.3) is 0 Å². The molecule has 3 heteroatoms. The van der Waals surface area contributed by atoms with Gasteiger partial charge in [-0.1, -0.05) is 19.1 Å². The first-order valence-corrected chi connectivity index (χ1v) is 4.93. The lowest BCUT2D eigenvalue weighted by atomic mass is 10.0. The van der Waals surface area contributed by atoms with E-state index in [1.54, 1.807) is 0 Å². The molecule has 1 aromatic carbocycles. The molecule has 0 heterocycles. The topological polar surface area (TPSA) is 46.2 Å². The Labute approximate surface area is 89.5 Å². The van der Waals surface area contributed by atoms with Crippen LogP contribution >= 0.6 is 0 Å². The van der Waals surface area contributed by atoms with E-state index in [-0.39, 0.29) is 11.8 Å². The Morgan fingerprint density at radius 1 is 1.53 bits per heavy atom. The van der Waals surface area contributed by atoms with Gasteiger partial charge in [-0.25, -0.2) is 0 Å². The van der Waals surface area contributed by atoms with E-state index in [1.165, 1.54) is 6.92 Å². The Bertz CT molecular complexity index is 360. The minimum absolute atomic E-state index is 0.0116. The van der Waals surface area contributed by atoms with Crippen LogP contribution in [0.4, 0.5) is 5.69 Å². The van der Waals surface area contributed by atoms with Crippen LogP contribution in [-0.2, 0) is 16.0 Å². The lowest BCUT2D eigenvalue weighted by molar-refractivity contribution is -0.114. The highest BCUT2D eigenvalue weighted by atomic mass is 16.1. The minimum atomic E-state index is -0.0874. The summed E-state index contributed by atoms with van der Waals surface area (Å²) in [4.78, 5) is 21.3. The van der Waals surface area contributed by atoms with Crippen molar-refractivity contribution in [3.05, 3.63) is 29.8 Å². The number of nitrogens with one attached hydrogen (secondary N) is 1. The van der Waals surface area contributed by atoms with Crippen LogP contribution in [0.1, 0.15) is 19.4 Å². The number of amides is 1. The van der Waals surface area contributed by atoms with Gasteiger partial charge >= 0.3 is 0 Å². The van der Waals surface area contributed by atoms with Gasteiger partial charge in [-0.05, 0) is 24.1 Å². The van der Waals surface area contributed by atoms with E-state index in [1.807, 2.05) is 31.2 Å². The Morgan fingerprint density at radius 2 is 2.27 bits per heavy atom. The quantitative estimate of drug-likeness (QED) is 0.764. The SMILES string of the molecule is CC(=O)Nc1cccc(C[C@H](C)C=O)c1. The Kier molecular flexibility index (Phi) is 4.03. The molecule has 0 unspecified atom stereocenters. The highest BCUT2D eigenvalue weighted by molar-refractivity contribution is 5.88. The summed E-state index contributed by atoms with van der Waals surface area (Å²) in [5.41, 5.74) is 1.83. The third-order valence-electron chi connectivity index (χ3n) is 2.04. The first-order chi connectivity index (χ1) is 7.11. The van der Waals surface area contributed by atoms with E-state index < -0.39 is 0 Å². The molecule has 1 atom stereocenters. The summed E-state index contributed by atoms with van der Waals surface area (Å²) in [6.45, 7) is 3.35. The number of benzene rings is 1. The Morgan fingerprint density at radius 3 is 2.87 bits per heavy atom. The van der Waals surface area contributed by atoms with Crippen molar-refractivity contribution in [2.45, 2.75) is 20.3 Å². The monoisotopic (exact) mass is 205 g/mol. The van der Waals surface area contributed by atoms with Gasteiger partial charge in [0.15, 0.2) is 0 Å². The van der Waals surface area contributed by atoms with Crippen LogP contribution < -0.4 is 5.32 Å². The second-order valence-corrected chi connectivity index (χ2v) is 3.70. The predicted molar refractivity (Wildman–Crippen MR) is 59.7 cm³/mol. The summed E-state index contributed by atoms with van der Waals surface area (Å²) in [6.07, 6.45) is 1.64. The van der Waals surface area contributed by atoms with E-state index in [0.29, 0.717) is 6.42 Å². The second-order valence-electron chi connectivity index (χ2n) is 3.70. The molecule has 0 aliphatic rings. The third kappa shape index (κ3) is 3.94. The summed E-state index contributed by atoms with van der Waals surface area (Å²) in [5.74, 6) is -0.0758. The highest BCUT2D eigenvalue weighted by Crippen LogP contribution is 2.13. The highest BCUT2D eigenvalue weighted by Gasteiger charge is 2.03. The summed E-state index contributed by atoms with van der Waals surface area (Å²) in [6, 6.07) is 7.54. The fourth-order valence-electron chi connectivity index (χ4n) is 1.40. The zero-order valence-corrected chi connectivity index (χ0v) is 8.99. The van der Waals surface area contributed by atoms with Crippen molar-refractivity contribution in [1.82, 2.24) is 0 Å². The summed E-state index contributed by atoms with van der Waals surface area (Å²) in [7, 11) is 0. The van der Waals surface area contributed by atoms with E-state index in [9.17, 15) is 9.59 Å². The van der Waals surface area contributed by atoms with Crippen molar-refractivity contribution in [3.63, 3.8) is 0 Å². The fraction of sp³-hybridized carbons (Fsp3) is 0.333. The van der Waals surface area contributed by atoms with Gasteiger partial charge < -0.3 is 10.1 Å². The van der Waals surface area contributed by atoms with Crippen molar-refractivity contribution in [1.29, 1.82) is 0 Å². The standard InChI is InChI=1S/C12H15NO2/c1-9(8-14)6-11-4-3-5-12(7-11)13-10(2)15/h3-5,7-9H,6H2,1-2H3,(H,13,15)/t9-/m0/s1. The molecule has 0 spiro atoms. The van der Waals surface area contributed by atoms with Crippen LogP contribution in [0.15, 0.2) is 24.3 Å². The zero-order valence-electron chi connectivity index (χ0n) is 8.99. The molecule has 80 valence electrons. The van der Waals surface area contributed by atoms with Gasteiger partial charge in [0.2, 0.25) is 5.91 Å². The minimum Gasteiger partial charge on any atom is -0.326 e. The normalized spacial score (nSPS) is 11.9. The molecule has 3 nitrogen and oxygen atoms in total. The molecule has 1 rings (SSSR count). The molecule has 1 aromatic rings. The molecular weight excluding hydrogens is 190 g/mol. The van der Waals surface area contributed by atoms with Gasteiger partial charge in [0.25, 0.3) is 0 Å². The Balaban J connectivity index is 2.73. The first kappa shape index (κ1) is 11.4. The summed E-state index contributed by atoms with van der Waals surface area (Å²) in [5, 5.41) is 2.71. The molecule has 0 radical (unpaired) electrons. The van der Waals surface area contributed by atoms with Crippen molar-refractivity contribution < 1.29 is 9.59 Å². The van der Waals surface area contributed by atoms with Crippen molar-refractivity contribution in [3.8, 4) is 0 Å². The molecule has 1 N–H and O–H groups in total. The van der Waals surface area contributed by atoms with Crippen LogP contribution in [0.3, 0.4) is 0 Å². The number of hydrogen-bond donors (Lipinski definition) is 1. The average molecular weight is 205 g/mol. The molecule has 0 saturated carbocycles. The number of hydrogen-bond acceptors (Lipinski definition) is 2. The maximum atomic E-state index is 10.8. The van der Waals surface area contributed by atoms with Crippen LogP contribution in [0.5, 0.6) is 0 Å². The van der Waals surface area contributed by atoms with Crippen molar-refractivity contribution >= 4 is 17.9 Å². The number of carbonyl (C=O) groups excluding carboxylic acids is 2. The van der Waals surface area contributed by atoms with Gasteiger partial charge in [-0.3, -0.25) is 4.79 Å². The zero-order chi connectivity index (χ0) is 11.3. The van der Waals surface area contributed by atoms with E-state index in [2.05, 4.69) is 5.32 Å². The predicted octanol–water partition coefficient (Wildman–Crippen LogP) is 2.02. The molecule has 0 aliphatic carbocycles. The van der Waals surface area contributed by atoms with Crippen molar-refractivity contribution in [2.24, 2.45) is 5.92 Å². The fourth-order valence-corrected chi connectivity index (χ4v) is 1.40. The van der Waals surface area contributed by atoms with Gasteiger partial charge in [0.05, 0.1) is 0 Å². The third-order valence-corrected chi connectivity index (χ3v) is 2.04. The van der Waals surface area contributed by atoms with Gasteiger partial charge in [0.1, 0.15) is 6.29 Å². The lowest BCUT2D eigenvalue weighted by Gasteiger charge is -2.06. The van der Waals surface area contributed by atoms with Gasteiger partial charge in [-0.15, -0.1) is 0 Å². The second kappa shape index (κ2) is 5.29. The molecule has 0 aliphatic heterocycles. The van der Waals surface area contributed by atoms with E-state index in [4.69, 9.17) is 0 Å². The van der Waals surface area contributed by atoms with Crippen LogP contribution in [0, 0.1) is 5.92 Å². The average Bonchev–Trinajstić information content (AvgIpc) is 2.17. The van der Waals surface area contributed by atoms with Gasteiger partial charge in [-0.2, -0.15) is 0 Å². The van der Waals surface area contributed by atoms with Crippen molar-refractivity contribution in [2.75, 3.05) is 5.32 Å². The van der Waals surface area contributed by atoms with Crippen LogP contribution in [0.2, 0.25) is 0 Å².